The predicted molar refractivity (Wildman–Crippen MR) is 134 cm³/mol. The molecule has 3 aromatic carbocycles. The smallest absolute Gasteiger partial charge is 0.416 e. The quantitative estimate of drug-likeness (QED) is 0.371. The van der Waals surface area contributed by atoms with Crippen molar-refractivity contribution in [3.63, 3.8) is 0 Å². The molecule has 3 aliphatic rings. The molecule has 0 unspecified atom stereocenters. The molecule has 1 heterocycles. The highest BCUT2D eigenvalue weighted by molar-refractivity contribution is 6.08. The van der Waals surface area contributed by atoms with E-state index in [4.69, 9.17) is 9.47 Å². The molecule has 0 saturated heterocycles. The van der Waals surface area contributed by atoms with Crippen LogP contribution in [0, 0.1) is 10.8 Å². The lowest BCUT2D eigenvalue weighted by Gasteiger charge is -2.51. The summed E-state index contributed by atoms with van der Waals surface area (Å²) in [5, 5.41) is 12.9. The maximum absolute atomic E-state index is 14.0. The van der Waals surface area contributed by atoms with Gasteiger partial charge in [-0.3, -0.25) is 0 Å². The number of rotatable bonds is 1. The second kappa shape index (κ2) is 7.11. The fourth-order valence-electron chi connectivity index (χ4n) is 8.04. The van der Waals surface area contributed by atoms with Crippen LogP contribution in [-0.4, -0.2) is 18.8 Å². The second-order valence-corrected chi connectivity index (χ2v) is 12.4. The molecule has 6 rings (SSSR count). The minimum absolute atomic E-state index is 0.0928. The topological polar surface area (TPSA) is 38.7 Å². The molecule has 0 radical (unpaired) electrons. The number of benzene rings is 3. The SMILES string of the molecule is COc1cc2c(O)cc3c(c2c2c1OCC2)-c1ccc(C(F)(F)F)cc1C31CC(C)(C)CC(C)(C)C1. The van der Waals surface area contributed by atoms with Gasteiger partial charge in [0.1, 0.15) is 5.75 Å². The first-order chi connectivity index (χ1) is 16.8. The minimum Gasteiger partial charge on any atom is -0.507 e. The lowest BCUT2D eigenvalue weighted by molar-refractivity contribution is -0.137. The van der Waals surface area contributed by atoms with Gasteiger partial charge in [0.2, 0.25) is 0 Å². The van der Waals surface area contributed by atoms with Crippen molar-refractivity contribution in [1.82, 2.24) is 0 Å². The standard InChI is InChI=1S/C30H31F3O3/c1-27(2)13-28(3,4)15-29(14-27)20-10-16(30(31,32)33)6-7-17(20)25-21(29)12-22(34)19-11-23(35-5)26-18(24(19)25)8-9-36-26/h6-7,10-12,34H,8-9,13-15H2,1-5H3. The molecule has 0 amide bonds. The van der Waals surface area contributed by atoms with E-state index in [1.807, 2.05) is 6.07 Å². The molecule has 1 saturated carbocycles. The van der Waals surface area contributed by atoms with Crippen molar-refractivity contribution in [2.75, 3.05) is 13.7 Å². The third-order valence-electron chi connectivity index (χ3n) is 8.40. The van der Waals surface area contributed by atoms with Crippen molar-refractivity contribution in [2.45, 2.75) is 65.0 Å². The summed E-state index contributed by atoms with van der Waals surface area (Å²) in [4.78, 5) is 0. The van der Waals surface area contributed by atoms with Gasteiger partial charge in [-0.15, -0.1) is 0 Å². The summed E-state index contributed by atoms with van der Waals surface area (Å²) in [5.41, 5.74) is 2.93. The van der Waals surface area contributed by atoms with E-state index in [0.717, 1.165) is 39.6 Å². The zero-order valence-electron chi connectivity index (χ0n) is 21.3. The average molecular weight is 497 g/mol. The summed E-state index contributed by atoms with van der Waals surface area (Å²) >= 11 is 0. The van der Waals surface area contributed by atoms with Gasteiger partial charge in [-0.25, -0.2) is 0 Å². The molecule has 3 aromatic rings. The lowest BCUT2D eigenvalue weighted by Crippen LogP contribution is -2.44. The lowest BCUT2D eigenvalue weighted by atomic mass is 9.52. The Labute approximate surface area is 209 Å². The predicted octanol–water partition coefficient (Wildman–Crippen LogP) is 8.01. The first-order valence-electron chi connectivity index (χ1n) is 12.5. The number of phenolic OH excluding ortho intramolecular Hbond substituents is 1. The van der Waals surface area contributed by atoms with Gasteiger partial charge in [-0.05, 0) is 76.6 Å². The van der Waals surface area contributed by atoms with Crippen LogP contribution in [0.3, 0.4) is 0 Å². The van der Waals surface area contributed by atoms with E-state index < -0.39 is 17.2 Å². The van der Waals surface area contributed by atoms with Gasteiger partial charge in [0.25, 0.3) is 0 Å². The Morgan fingerprint density at radius 2 is 1.64 bits per heavy atom. The molecule has 190 valence electrons. The number of hydrogen-bond acceptors (Lipinski definition) is 3. The van der Waals surface area contributed by atoms with E-state index in [1.54, 1.807) is 19.2 Å². The number of ether oxygens (including phenoxy) is 2. The molecule has 0 aromatic heterocycles. The molecular weight excluding hydrogens is 465 g/mol. The van der Waals surface area contributed by atoms with Gasteiger partial charge in [-0.1, -0.05) is 33.8 Å². The molecule has 2 aliphatic carbocycles. The van der Waals surface area contributed by atoms with Crippen molar-refractivity contribution in [3.05, 3.63) is 52.6 Å². The fourth-order valence-corrected chi connectivity index (χ4v) is 8.04. The second-order valence-electron chi connectivity index (χ2n) is 12.4. The Morgan fingerprint density at radius 1 is 0.944 bits per heavy atom. The number of fused-ring (bicyclic) bond motifs is 9. The number of halogens is 3. The van der Waals surface area contributed by atoms with E-state index in [1.165, 1.54) is 12.1 Å². The summed E-state index contributed by atoms with van der Waals surface area (Å²) in [6.45, 7) is 9.33. The molecule has 1 N–H and O–H groups in total. The Balaban J connectivity index is 1.77. The van der Waals surface area contributed by atoms with Gasteiger partial charge in [-0.2, -0.15) is 13.2 Å². The van der Waals surface area contributed by atoms with E-state index in [2.05, 4.69) is 27.7 Å². The van der Waals surface area contributed by atoms with Crippen LogP contribution in [-0.2, 0) is 18.0 Å². The molecule has 36 heavy (non-hydrogen) atoms. The van der Waals surface area contributed by atoms with Crippen LogP contribution in [0.15, 0.2) is 30.3 Å². The maximum atomic E-state index is 14.0. The number of methoxy groups -OCH3 is 1. The first-order valence-corrected chi connectivity index (χ1v) is 12.5. The third kappa shape index (κ3) is 3.18. The number of aromatic hydroxyl groups is 1. The van der Waals surface area contributed by atoms with Crippen molar-refractivity contribution >= 4 is 10.8 Å². The van der Waals surface area contributed by atoms with Crippen LogP contribution in [0.2, 0.25) is 0 Å². The minimum atomic E-state index is -4.43. The van der Waals surface area contributed by atoms with Gasteiger partial charge in [0, 0.05) is 28.2 Å². The molecule has 3 nitrogen and oxygen atoms in total. The summed E-state index contributed by atoms with van der Waals surface area (Å²) in [6, 6.07) is 7.81. The van der Waals surface area contributed by atoms with Gasteiger partial charge >= 0.3 is 6.18 Å². The van der Waals surface area contributed by atoms with E-state index in [0.29, 0.717) is 42.8 Å². The third-order valence-corrected chi connectivity index (χ3v) is 8.40. The van der Waals surface area contributed by atoms with Gasteiger partial charge in [0.05, 0.1) is 19.3 Å². The van der Waals surface area contributed by atoms with Crippen LogP contribution >= 0.6 is 0 Å². The van der Waals surface area contributed by atoms with Crippen LogP contribution in [0.4, 0.5) is 13.2 Å². The fraction of sp³-hybridized carbons (Fsp3) is 0.467. The molecular formula is C30H31F3O3. The summed E-state index contributed by atoms with van der Waals surface area (Å²) in [7, 11) is 1.57. The average Bonchev–Trinajstić information content (AvgIpc) is 3.33. The summed E-state index contributed by atoms with van der Waals surface area (Å²) in [6.07, 6.45) is -1.38. The Bertz CT molecular complexity index is 1420. The molecule has 1 fully saturated rings. The Hall–Kier alpha value is -2.89. The molecule has 1 aliphatic heterocycles. The molecule has 0 bridgehead atoms. The van der Waals surface area contributed by atoms with Crippen LogP contribution in [0.1, 0.15) is 69.2 Å². The number of hydrogen-bond donors (Lipinski definition) is 1. The van der Waals surface area contributed by atoms with Gasteiger partial charge in [0.15, 0.2) is 11.5 Å². The van der Waals surface area contributed by atoms with Crippen LogP contribution in [0.25, 0.3) is 21.9 Å². The first kappa shape index (κ1) is 23.5. The maximum Gasteiger partial charge on any atom is 0.416 e. The van der Waals surface area contributed by atoms with Crippen molar-refractivity contribution < 1.29 is 27.8 Å². The normalized spacial score (nSPS) is 20.7. The van der Waals surface area contributed by atoms with E-state index in [9.17, 15) is 18.3 Å². The van der Waals surface area contributed by atoms with Crippen molar-refractivity contribution in [1.29, 1.82) is 0 Å². The van der Waals surface area contributed by atoms with Crippen molar-refractivity contribution in [2.24, 2.45) is 10.8 Å². The molecule has 6 heteroatoms. The Kier molecular flexibility index (Phi) is 4.64. The summed E-state index contributed by atoms with van der Waals surface area (Å²) in [5.74, 6) is 1.35. The zero-order chi connectivity index (χ0) is 25.8. The number of alkyl halides is 3. The summed E-state index contributed by atoms with van der Waals surface area (Å²) < 4.78 is 53.4. The zero-order valence-corrected chi connectivity index (χ0v) is 21.3. The highest BCUT2D eigenvalue weighted by Crippen LogP contribution is 2.66. The number of phenols is 1. The molecule has 1 spiro atoms. The Morgan fingerprint density at radius 3 is 2.28 bits per heavy atom. The van der Waals surface area contributed by atoms with Crippen LogP contribution in [0.5, 0.6) is 17.2 Å². The molecule has 0 atom stereocenters. The van der Waals surface area contributed by atoms with Crippen LogP contribution < -0.4 is 9.47 Å². The van der Waals surface area contributed by atoms with Crippen molar-refractivity contribution in [3.8, 4) is 28.4 Å². The van der Waals surface area contributed by atoms with E-state index >= 15 is 0 Å². The van der Waals surface area contributed by atoms with Gasteiger partial charge < -0.3 is 14.6 Å². The highest BCUT2D eigenvalue weighted by Gasteiger charge is 2.54. The monoisotopic (exact) mass is 496 g/mol. The largest absolute Gasteiger partial charge is 0.507 e. The highest BCUT2D eigenvalue weighted by atomic mass is 19.4. The van der Waals surface area contributed by atoms with E-state index in [-0.39, 0.29) is 16.6 Å².